The highest BCUT2D eigenvalue weighted by Crippen LogP contribution is 2.45. The molecule has 1 heterocycles. The van der Waals surface area contributed by atoms with Crippen LogP contribution >= 0.6 is 0 Å². The molecule has 1 aromatic carbocycles. The van der Waals surface area contributed by atoms with Crippen molar-refractivity contribution < 1.29 is 20.1 Å². The number of likely N-dealkylation sites (N-methyl/N-ethyl adjacent to an activating group) is 1. The fraction of sp³-hybridized carbons (Fsp3) is 0.719. The summed E-state index contributed by atoms with van der Waals surface area (Å²) in [5.74, 6) is 1.85. The van der Waals surface area contributed by atoms with E-state index in [1.807, 2.05) is 24.9 Å². The maximum atomic E-state index is 12.7. The summed E-state index contributed by atoms with van der Waals surface area (Å²) in [6, 6.07) is 5.37. The number of likely N-dealkylation sites (tertiary alicyclic amines) is 1. The maximum Gasteiger partial charge on any atom is 0.246 e. The Bertz CT molecular complexity index is 955. The van der Waals surface area contributed by atoms with Crippen LogP contribution in [-0.2, 0) is 11.2 Å². The Balaban J connectivity index is 0.000000283. The largest absolute Gasteiger partial charge is 0.504 e. The first-order valence-corrected chi connectivity index (χ1v) is 15.1. The third-order valence-electron chi connectivity index (χ3n) is 9.87. The van der Waals surface area contributed by atoms with Gasteiger partial charge in [0.1, 0.15) is 0 Å². The molecule has 3 unspecified atom stereocenters. The number of benzene rings is 1. The van der Waals surface area contributed by atoms with E-state index in [0.29, 0.717) is 11.8 Å². The summed E-state index contributed by atoms with van der Waals surface area (Å²) in [6.45, 7) is 6.50. The highest BCUT2D eigenvalue weighted by Gasteiger charge is 2.51. The van der Waals surface area contributed by atoms with E-state index >= 15 is 0 Å². The van der Waals surface area contributed by atoms with Gasteiger partial charge in [-0.3, -0.25) is 9.69 Å². The second kappa shape index (κ2) is 12.9. The Morgan fingerprint density at radius 3 is 2.47 bits per heavy atom. The number of hydrogen-bond donors (Lipinski definition) is 3. The van der Waals surface area contributed by atoms with Crippen LogP contribution in [0.15, 0.2) is 30.4 Å². The predicted molar refractivity (Wildman–Crippen MR) is 152 cm³/mol. The number of phenolic OH excluding ortho intramolecular Hbond substituents is 2. The van der Waals surface area contributed by atoms with Crippen LogP contribution in [0.25, 0.3) is 0 Å². The average molecular weight is 527 g/mol. The number of fused-ring (bicyclic) bond motifs is 1. The molecule has 212 valence electrons. The van der Waals surface area contributed by atoms with Crippen molar-refractivity contribution in [2.75, 3.05) is 20.1 Å². The zero-order valence-electron chi connectivity index (χ0n) is 23.8. The molecule has 5 rings (SSSR count). The summed E-state index contributed by atoms with van der Waals surface area (Å²) in [7, 11) is 1.97. The third-order valence-corrected chi connectivity index (χ3v) is 9.87. The molecular formula is C32H50N2O4. The Hall–Kier alpha value is -2.05. The van der Waals surface area contributed by atoms with Gasteiger partial charge in [0.15, 0.2) is 11.5 Å². The van der Waals surface area contributed by atoms with Crippen molar-refractivity contribution in [2.24, 2.45) is 17.8 Å². The van der Waals surface area contributed by atoms with Crippen LogP contribution in [-0.4, -0.2) is 68.8 Å². The molecule has 0 radical (unpaired) electrons. The van der Waals surface area contributed by atoms with Gasteiger partial charge in [-0.05, 0) is 113 Å². The lowest BCUT2D eigenvalue weighted by atomic mass is 9.66. The van der Waals surface area contributed by atoms with Crippen molar-refractivity contribution in [3.63, 3.8) is 0 Å². The van der Waals surface area contributed by atoms with Gasteiger partial charge < -0.3 is 20.2 Å². The predicted octanol–water partition coefficient (Wildman–Crippen LogP) is 5.65. The second-order valence-electron chi connectivity index (χ2n) is 12.4. The van der Waals surface area contributed by atoms with Crippen molar-refractivity contribution in [1.29, 1.82) is 0 Å². The molecule has 1 amide bonds. The molecule has 4 aliphatic rings. The van der Waals surface area contributed by atoms with Crippen LogP contribution in [0.3, 0.4) is 0 Å². The zero-order valence-corrected chi connectivity index (χ0v) is 23.8. The molecule has 0 bridgehead atoms. The van der Waals surface area contributed by atoms with E-state index in [2.05, 4.69) is 17.9 Å². The average Bonchev–Trinajstić information content (AvgIpc) is 3.75. The molecule has 0 spiro atoms. The van der Waals surface area contributed by atoms with Gasteiger partial charge in [-0.1, -0.05) is 38.3 Å². The Labute approximate surface area is 229 Å². The fourth-order valence-electron chi connectivity index (χ4n) is 6.87. The number of rotatable bonds is 6. The first kappa shape index (κ1) is 28.9. The molecule has 3 aliphatic carbocycles. The van der Waals surface area contributed by atoms with Crippen molar-refractivity contribution in [2.45, 2.75) is 109 Å². The monoisotopic (exact) mass is 526 g/mol. The van der Waals surface area contributed by atoms with E-state index in [4.69, 9.17) is 10.2 Å². The van der Waals surface area contributed by atoms with E-state index in [1.165, 1.54) is 57.6 Å². The summed E-state index contributed by atoms with van der Waals surface area (Å²) in [5.41, 5.74) is 0.459. The first-order chi connectivity index (χ1) is 18.2. The minimum Gasteiger partial charge on any atom is -0.504 e. The Morgan fingerprint density at radius 2 is 1.82 bits per heavy atom. The highest BCUT2D eigenvalue weighted by molar-refractivity contribution is 5.87. The molecule has 1 aliphatic heterocycles. The van der Waals surface area contributed by atoms with Crippen LogP contribution in [0.4, 0.5) is 0 Å². The number of aliphatic hydroxyl groups is 1. The van der Waals surface area contributed by atoms with Crippen LogP contribution in [0.1, 0.15) is 90.0 Å². The van der Waals surface area contributed by atoms with Gasteiger partial charge in [-0.25, -0.2) is 0 Å². The molecule has 6 nitrogen and oxygen atoms in total. The standard InChI is InChI=1S/C24H40N2O2.C8H10O2/c1-18-24(28)14-12-22(16-21(24)13-15-26(18)17-20-8-9-20)25(2)23(27)11-10-19-6-4-3-5-7-19;1-2-6-3-4-7(9)8(10)5-6/h10-11,18-22,28H,3-9,12-17H2,1-2H3;3-5,9-10H,2H2,1H3/b11-10+;/t18-,21?,22?,24?;/m1./s1. The molecule has 38 heavy (non-hydrogen) atoms. The highest BCUT2D eigenvalue weighted by atomic mass is 16.3. The lowest BCUT2D eigenvalue weighted by molar-refractivity contribution is -0.152. The molecule has 1 aromatic rings. The lowest BCUT2D eigenvalue weighted by Gasteiger charge is -2.54. The van der Waals surface area contributed by atoms with Crippen molar-refractivity contribution in [1.82, 2.24) is 9.80 Å². The molecule has 6 heteroatoms. The summed E-state index contributed by atoms with van der Waals surface area (Å²) in [6.07, 6.45) is 17.8. The van der Waals surface area contributed by atoms with E-state index in [-0.39, 0.29) is 29.5 Å². The Kier molecular flexibility index (Phi) is 9.80. The normalized spacial score (nSPS) is 30.4. The molecule has 3 N–H and O–H groups in total. The van der Waals surface area contributed by atoms with Gasteiger partial charge in [-0.2, -0.15) is 0 Å². The minimum absolute atomic E-state index is 0.0423. The quantitative estimate of drug-likeness (QED) is 0.330. The first-order valence-electron chi connectivity index (χ1n) is 15.1. The van der Waals surface area contributed by atoms with Gasteiger partial charge >= 0.3 is 0 Å². The number of carbonyl (C=O) groups excluding carboxylic acids is 1. The van der Waals surface area contributed by atoms with Gasteiger partial charge in [0.25, 0.3) is 0 Å². The van der Waals surface area contributed by atoms with E-state index < -0.39 is 5.60 Å². The molecule has 3 saturated carbocycles. The van der Waals surface area contributed by atoms with Crippen molar-refractivity contribution in [3.05, 3.63) is 35.9 Å². The zero-order chi connectivity index (χ0) is 27.3. The van der Waals surface area contributed by atoms with Gasteiger partial charge in [-0.15, -0.1) is 0 Å². The fourth-order valence-corrected chi connectivity index (χ4v) is 6.87. The smallest absolute Gasteiger partial charge is 0.246 e. The number of nitrogens with zero attached hydrogens (tertiary/aromatic N) is 2. The van der Waals surface area contributed by atoms with E-state index in [0.717, 1.165) is 50.1 Å². The van der Waals surface area contributed by atoms with Gasteiger partial charge in [0.05, 0.1) is 5.60 Å². The number of phenols is 2. The van der Waals surface area contributed by atoms with Crippen LogP contribution in [0.2, 0.25) is 0 Å². The van der Waals surface area contributed by atoms with Crippen molar-refractivity contribution >= 4 is 5.91 Å². The topological polar surface area (TPSA) is 84.2 Å². The molecular weight excluding hydrogens is 476 g/mol. The molecule has 4 fully saturated rings. The number of carbonyl (C=O) groups is 1. The number of aromatic hydroxyl groups is 2. The van der Waals surface area contributed by atoms with Crippen molar-refractivity contribution in [3.8, 4) is 11.5 Å². The number of piperidine rings is 1. The minimum atomic E-state index is -0.564. The van der Waals surface area contributed by atoms with Crippen LogP contribution < -0.4 is 0 Å². The molecule has 4 atom stereocenters. The van der Waals surface area contributed by atoms with E-state index in [9.17, 15) is 9.90 Å². The third kappa shape index (κ3) is 7.12. The number of aryl methyl sites for hydroxylation is 1. The summed E-state index contributed by atoms with van der Waals surface area (Å²) < 4.78 is 0. The second-order valence-corrected chi connectivity index (χ2v) is 12.4. The number of hydrogen-bond acceptors (Lipinski definition) is 5. The van der Waals surface area contributed by atoms with Crippen LogP contribution in [0, 0.1) is 17.8 Å². The van der Waals surface area contributed by atoms with Gasteiger partial charge in [0, 0.05) is 25.7 Å². The SMILES string of the molecule is CCc1ccc(O)c(O)c1.C[C@H]1N(CC2CC2)CCC2CC(N(C)C(=O)/C=C/C3CCCCC3)CCC21O. The maximum absolute atomic E-state index is 12.7. The summed E-state index contributed by atoms with van der Waals surface area (Å²) >= 11 is 0. The number of amides is 1. The van der Waals surface area contributed by atoms with Crippen LogP contribution in [0.5, 0.6) is 11.5 Å². The Morgan fingerprint density at radius 1 is 1.08 bits per heavy atom. The summed E-state index contributed by atoms with van der Waals surface area (Å²) in [5, 5.41) is 29.4. The van der Waals surface area contributed by atoms with Gasteiger partial charge in [0.2, 0.25) is 5.91 Å². The molecule has 1 saturated heterocycles. The lowest BCUT2D eigenvalue weighted by Crippen LogP contribution is -2.63. The summed E-state index contributed by atoms with van der Waals surface area (Å²) in [4.78, 5) is 17.2. The van der Waals surface area contributed by atoms with E-state index in [1.54, 1.807) is 12.1 Å². The molecule has 0 aromatic heterocycles. The number of allylic oxidation sites excluding steroid dienone is 1.